The highest BCUT2D eigenvalue weighted by Gasteiger charge is 2.04. The van der Waals surface area contributed by atoms with Crippen molar-refractivity contribution in [2.75, 3.05) is 12.4 Å². The van der Waals surface area contributed by atoms with Crippen LogP contribution in [0.4, 0.5) is 5.69 Å². The van der Waals surface area contributed by atoms with Crippen molar-refractivity contribution in [3.05, 3.63) is 53.6 Å². The van der Waals surface area contributed by atoms with E-state index < -0.39 is 0 Å². The van der Waals surface area contributed by atoms with E-state index in [1.165, 1.54) is 11.1 Å². The Bertz CT molecular complexity index is 561. The summed E-state index contributed by atoms with van der Waals surface area (Å²) in [6, 6.07) is 14.6. The number of aldehydes is 1. The highest BCUT2D eigenvalue weighted by atomic mass is 16.1. The molecule has 0 saturated heterocycles. The summed E-state index contributed by atoms with van der Waals surface area (Å²) in [7, 11) is 1.87. The number of hydrogen-bond acceptors (Lipinski definition) is 2. The molecule has 0 unspecified atom stereocenters. The van der Waals surface area contributed by atoms with Crippen LogP contribution >= 0.6 is 0 Å². The molecule has 92 valence electrons. The van der Waals surface area contributed by atoms with Gasteiger partial charge in [-0.25, -0.2) is 0 Å². The molecule has 0 aromatic heterocycles. The molecular formula is C16H17NO. The first kappa shape index (κ1) is 12.4. The van der Waals surface area contributed by atoms with E-state index in [0.29, 0.717) is 6.42 Å². The van der Waals surface area contributed by atoms with E-state index in [9.17, 15) is 4.79 Å². The van der Waals surface area contributed by atoms with Crippen molar-refractivity contribution in [3.63, 3.8) is 0 Å². The second-order valence-corrected chi connectivity index (χ2v) is 4.36. The van der Waals surface area contributed by atoms with E-state index in [1.54, 1.807) is 0 Å². The topological polar surface area (TPSA) is 29.1 Å². The zero-order valence-corrected chi connectivity index (χ0v) is 10.7. The molecule has 0 aliphatic heterocycles. The normalized spacial score (nSPS) is 10.1. The number of hydrogen-bond donors (Lipinski definition) is 1. The quantitative estimate of drug-likeness (QED) is 0.828. The Kier molecular flexibility index (Phi) is 3.78. The zero-order chi connectivity index (χ0) is 13.0. The fourth-order valence-electron chi connectivity index (χ4n) is 2.10. The molecule has 18 heavy (non-hydrogen) atoms. The molecule has 0 radical (unpaired) electrons. The second kappa shape index (κ2) is 5.50. The standard InChI is InChI=1S/C16H17NO/c1-12-4-3-5-13(10-12)14-6-7-16(17-2)15(11-14)8-9-18/h3-7,9-11,17H,8H2,1-2H3. The van der Waals surface area contributed by atoms with E-state index in [-0.39, 0.29) is 0 Å². The van der Waals surface area contributed by atoms with Crippen LogP contribution in [-0.2, 0) is 11.2 Å². The van der Waals surface area contributed by atoms with Crippen molar-refractivity contribution in [2.24, 2.45) is 0 Å². The molecule has 2 heteroatoms. The van der Waals surface area contributed by atoms with Crippen molar-refractivity contribution in [1.29, 1.82) is 0 Å². The molecule has 0 atom stereocenters. The second-order valence-electron chi connectivity index (χ2n) is 4.36. The monoisotopic (exact) mass is 239 g/mol. The molecule has 0 aliphatic carbocycles. The number of rotatable bonds is 4. The Morgan fingerprint density at radius 3 is 2.56 bits per heavy atom. The molecule has 0 fully saturated rings. The lowest BCUT2D eigenvalue weighted by molar-refractivity contribution is -0.107. The minimum atomic E-state index is 0.440. The van der Waals surface area contributed by atoms with Gasteiger partial charge < -0.3 is 10.1 Å². The SMILES string of the molecule is CNc1ccc(-c2cccc(C)c2)cc1CC=O. The molecule has 2 aromatic carbocycles. The Balaban J connectivity index is 2.46. The summed E-state index contributed by atoms with van der Waals surface area (Å²) < 4.78 is 0. The van der Waals surface area contributed by atoms with E-state index in [1.807, 2.05) is 13.1 Å². The highest BCUT2D eigenvalue weighted by Crippen LogP contribution is 2.25. The number of anilines is 1. The molecule has 0 amide bonds. The molecule has 0 saturated carbocycles. The third-order valence-electron chi connectivity index (χ3n) is 3.03. The number of carbonyl (C=O) groups excluding carboxylic acids is 1. The fraction of sp³-hybridized carbons (Fsp3) is 0.188. The van der Waals surface area contributed by atoms with Gasteiger partial charge in [0.15, 0.2) is 0 Å². The van der Waals surface area contributed by atoms with Gasteiger partial charge in [0.05, 0.1) is 0 Å². The molecular weight excluding hydrogens is 222 g/mol. The van der Waals surface area contributed by atoms with E-state index in [0.717, 1.165) is 23.1 Å². The van der Waals surface area contributed by atoms with Crippen LogP contribution in [0.15, 0.2) is 42.5 Å². The number of carbonyl (C=O) groups is 1. The van der Waals surface area contributed by atoms with Gasteiger partial charge >= 0.3 is 0 Å². The smallest absolute Gasteiger partial charge is 0.124 e. The third kappa shape index (κ3) is 2.59. The van der Waals surface area contributed by atoms with Gasteiger partial charge in [0.25, 0.3) is 0 Å². The van der Waals surface area contributed by atoms with Crippen molar-refractivity contribution in [3.8, 4) is 11.1 Å². The molecule has 2 nitrogen and oxygen atoms in total. The van der Waals surface area contributed by atoms with Crippen LogP contribution in [0.2, 0.25) is 0 Å². The predicted octanol–water partition coefficient (Wildman–Crippen LogP) is 3.45. The lowest BCUT2D eigenvalue weighted by Gasteiger charge is -2.10. The maximum atomic E-state index is 10.7. The maximum absolute atomic E-state index is 10.7. The lowest BCUT2D eigenvalue weighted by Crippen LogP contribution is -1.96. The Labute approximate surface area is 108 Å². The van der Waals surface area contributed by atoms with Gasteiger partial charge in [-0.05, 0) is 35.7 Å². The largest absolute Gasteiger partial charge is 0.388 e. The van der Waals surface area contributed by atoms with Crippen molar-refractivity contribution < 1.29 is 4.79 Å². The van der Waals surface area contributed by atoms with Crippen LogP contribution < -0.4 is 5.32 Å². The summed E-state index contributed by atoms with van der Waals surface area (Å²) in [4.78, 5) is 10.7. The molecule has 0 spiro atoms. The van der Waals surface area contributed by atoms with Crippen LogP contribution in [0.3, 0.4) is 0 Å². The van der Waals surface area contributed by atoms with E-state index in [4.69, 9.17) is 0 Å². The summed E-state index contributed by atoms with van der Waals surface area (Å²) in [5.41, 5.74) is 5.62. The Hall–Kier alpha value is -2.09. The minimum Gasteiger partial charge on any atom is -0.388 e. The van der Waals surface area contributed by atoms with Crippen molar-refractivity contribution in [2.45, 2.75) is 13.3 Å². The number of aryl methyl sites for hydroxylation is 1. The first-order valence-corrected chi connectivity index (χ1v) is 6.06. The summed E-state index contributed by atoms with van der Waals surface area (Å²) in [6.45, 7) is 2.08. The summed E-state index contributed by atoms with van der Waals surface area (Å²) in [5, 5.41) is 3.11. The predicted molar refractivity (Wildman–Crippen MR) is 75.9 cm³/mol. The molecule has 0 bridgehead atoms. The number of benzene rings is 2. The van der Waals surface area contributed by atoms with Crippen molar-refractivity contribution in [1.82, 2.24) is 0 Å². The Morgan fingerprint density at radius 2 is 1.89 bits per heavy atom. The van der Waals surface area contributed by atoms with Gasteiger partial charge in [0.1, 0.15) is 6.29 Å². The summed E-state index contributed by atoms with van der Waals surface area (Å²) in [5.74, 6) is 0. The Morgan fingerprint density at radius 1 is 1.11 bits per heavy atom. The van der Waals surface area contributed by atoms with E-state index in [2.05, 4.69) is 48.6 Å². The average molecular weight is 239 g/mol. The maximum Gasteiger partial charge on any atom is 0.124 e. The van der Waals surface area contributed by atoms with Gasteiger partial charge in [0, 0.05) is 19.2 Å². The number of nitrogens with one attached hydrogen (secondary N) is 1. The lowest BCUT2D eigenvalue weighted by atomic mass is 9.99. The van der Waals surface area contributed by atoms with Crippen LogP contribution in [0.25, 0.3) is 11.1 Å². The van der Waals surface area contributed by atoms with E-state index >= 15 is 0 Å². The van der Waals surface area contributed by atoms with Gasteiger partial charge in [0.2, 0.25) is 0 Å². The first-order valence-electron chi connectivity index (χ1n) is 6.06. The minimum absolute atomic E-state index is 0.440. The van der Waals surface area contributed by atoms with Gasteiger partial charge in [-0.1, -0.05) is 35.9 Å². The summed E-state index contributed by atoms with van der Waals surface area (Å²) in [6.07, 6.45) is 1.38. The molecule has 0 heterocycles. The summed E-state index contributed by atoms with van der Waals surface area (Å²) >= 11 is 0. The van der Waals surface area contributed by atoms with Crippen molar-refractivity contribution >= 4 is 12.0 Å². The molecule has 1 N–H and O–H groups in total. The fourth-order valence-corrected chi connectivity index (χ4v) is 2.10. The molecule has 2 rings (SSSR count). The highest BCUT2D eigenvalue weighted by molar-refractivity contribution is 5.71. The van der Waals surface area contributed by atoms with Crippen LogP contribution in [0.1, 0.15) is 11.1 Å². The van der Waals surface area contributed by atoms with Gasteiger partial charge in [-0.15, -0.1) is 0 Å². The first-order chi connectivity index (χ1) is 8.74. The average Bonchev–Trinajstić information content (AvgIpc) is 2.39. The third-order valence-corrected chi connectivity index (χ3v) is 3.03. The van der Waals surface area contributed by atoms with Crippen LogP contribution in [0.5, 0.6) is 0 Å². The van der Waals surface area contributed by atoms with Crippen LogP contribution in [0, 0.1) is 6.92 Å². The van der Waals surface area contributed by atoms with Gasteiger partial charge in [-0.3, -0.25) is 0 Å². The van der Waals surface area contributed by atoms with Crippen LogP contribution in [-0.4, -0.2) is 13.3 Å². The van der Waals surface area contributed by atoms with Gasteiger partial charge in [-0.2, -0.15) is 0 Å². The molecule has 0 aliphatic rings. The zero-order valence-electron chi connectivity index (χ0n) is 10.7. The molecule has 2 aromatic rings.